The summed E-state index contributed by atoms with van der Waals surface area (Å²) < 4.78 is 0. The number of urea groups is 1. The lowest BCUT2D eigenvalue weighted by molar-refractivity contribution is -0.114. The Balaban J connectivity index is 2.03. The molecule has 0 aliphatic carbocycles. The predicted molar refractivity (Wildman–Crippen MR) is 98.1 cm³/mol. The molecule has 4 nitrogen and oxygen atoms in total. The zero-order chi connectivity index (χ0) is 18.0. The summed E-state index contributed by atoms with van der Waals surface area (Å²) in [4.78, 5) is 26.6. The van der Waals surface area contributed by atoms with E-state index in [1.165, 1.54) is 6.92 Å². The van der Waals surface area contributed by atoms with Crippen molar-refractivity contribution in [3.8, 4) is 0 Å². The second-order valence-electron chi connectivity index (χ2n) is 6.03. The Morgan fingerprint density at radius 2 is 1.76 bits per heavy atom. The lowest BCUT2D eigenvalue weighted by Crippen LogP contribution is -2.47. The maximum Gasteiger partial charge on any atom is 0.322 e. The molecule has 1 heterocycles. The van der Waals surface area contributed by atoms with E-state index in [0.29, 0.717) is 22.8 Å². The Bertz CT molecular complexity index is 846. The summed E-state index contributed by atoms with van der Waals surface area (Å²) >= 11 is 6.29. The van der Waals surface area contributed by atoms with Gasteiger partial charge in [-0.1, -0.05) is 60.1 Å². The van der Waals surface area contributed by atoms with Gasteiger partial charge in [0.1, 0.15) is 0 Å². The Morgan fingerprint density at radius 1 is 1.12 bits per heavy atom. The van der Waals surface area contributed by atoms with Crippen molar-refractivity contribution >= 4 is 23.4 Å². The number of amides is 2. The van der Waals surface area contributed by atoms with Crippen LogP contribution in [0, 0.1) is 0 Å². The van der Waals surface area contributed by atoms with Crippen molar-refractivity contribution in [2.45, 2.75) is 26.4 Å². The van der Waals surface area contributed by atoms with Crippen LogP contribution in [0.3, 0.4) is 0 Å². The highest BCUT2D eigenvalue weighted by molar-refractivity contribution is 6.31. The van der Waals surface area contributed by atoms with Gasteiger partial charge in [-0.25, -0.2) is 4.79 Å². The number of Topliss-reactive ketones (excluding diaryl/α,β-unsaturated/α-hetero) is 1. The Morgan fingerprint density at radius 3 is 2.40 bits per heavy atom. The van der Waals surface area contributed by atoms with E-state index in [0.717, 1.165) is 11.1 Å². The first-order valence-corrected chi connectivity index (χ1v) is 8.45. The molecule has 1 N–H and O–H groups in total. The van der Waals surface area contributed by atoms with Crippen molar-refractivity contribution in [3.05, 3.63) is 82.0 Å². The van der Waals surface area contributed by atoms with E-state index >= 15 is 0 Å². The SMILES string of the molecule is CC(=O)C1=C(C)N(Cc2ccccc2)C(=O)N[C@@H]1c1ccccc1Cl. The molecule has 5 heteroatoms. The minimum absolute atomic E-state index is 0.0829. The Labute approximate surface area is 152 Å². The molecule has 25 heavy (non-hydrogen) atoms. The molecule has 0 aromatic heterocycles. The van der Waals surface area contributed by atoms with Crippen LogP contribution in [0.1, 0.15) is 31.0 Å². The average molecular weight is 355 g/mol. The van der Waals surface area contributed by atoms with Crippen LogP contribution in [0.2, 0.25) is 5.02 Å². The monoisotopic (exact) mass is 354 g/mol. The van der Waals surface area contributed by atoms with Gasteiger partial charge in [0, 0.05) is 16.3 Å². The van der Waals surface area contributed by atoms with E-state index in [1.54, 1.807) is 11.0 Å². The molecule has 1 aliphatic heterocycles. The van der Waals surface area contributed by atoms with E-state index in [4.69, 9.17) is 11.6 Å². The van der Waals surface area contributed by atoms with Crippen LogP contribution >= 0.6 is 11.6 Å². The highest BCUT2D eigenvalue weighted by atomic mass is 35.5. The van der Waals surface area contributed by atoms with Gasteiger partial charge in [0.15, 0.2) is 5.78 Å². The number of ketones is 1. The normalized spacial score (nSPS) is 17.5. The van der Waals surface area contributed by atoms with Gasteiger partial charge < -0.3 is 5.32 Å². The standard InChI is InChI=1S/C20H19ClN2O2/c1-13-18(14(2)24)19(16-10-6-7-11-17(16)21)22-20(25)23(13)12-15-8-4-3-5-9-15/h3-11,19H,12H2,1-2H3,(H,22,25)/t19-/m1/s1. The molecule has 1 atom stereocenters. The van der Waals surface area contributed by atoms with Gasteiger partial charge in [-0.3, -0.25) is 9.69 Å². The van der Waals surface area contributed by atoms with Crippen LogP contribution in [0.15, 0.2) is 65.9 Å². The molecule has 2 amide bonds. The zero-order valence-corrected chi connectivity index (χ0v) is 14.9. The third kappa shape index (κ3) is 3.44. The van der Waals surface area contributed by atoms with Crippen molar-refractivity contribution in [1.82, 2.24) is 10.2 Å². The molecule has 3 rings (SSSR count). The van der Waals surface area contributed by atoms with Crippen molar-refractivity contribution in [3.63, 3.8) is 0 Å². The number of nitrogens with zero attached hydrogens (tertiary/aromatic N) is 1. The van der Waals surface area contributed by atoms with Crippen LogP contribution in [-0.4, -0.2) is 16.7 Å². The molecule has 0 fully saturated rings. The summed E-state index contributed by atoms with van der Waals surface area (Å²) in [7, 11) is 0. The number of benzene rings is 2. The molecule has 0 unspecified atom stereocenters. The van der Waals surface area contributed by atoms with Crippen molar-refractivity contribution in [1.29, 1.82) is 0 Å². The van der Waals surface area contributed by atoms with Crippen LogP contribution in [0.5, 0.6) is 0 Å². The second-order valence-corrected chi connectivity index (χ2v) is 6.44. The molecule has 1 aliphatic rings. The molecular formula is C20H19ClN2O2. The second kappa shape index (κ2) is 7.11. The van der Waals surface area contributed by atoms with Crippen molar-refractivity contribution in [2.75, 3.05) is 0 Å². The van der Waals surface area contributed by atoms with E-state index < -0.39 is 6.04 Å². The maximum absolute atomic E-state index is 12.7. The van der Waals surface area contributed by atoms with Crippen LogP contribution < -0.4 is 5.32 Å². The minimum atomic E-state index is -0.536. The first-order valence-electron chi connectivity index (χ1n) is 8.07. The number of carbonyl (C=O) groups excluding carboxylic acids is 2. The number of rotatable bonds is 4. The van der Waals surface area contributed by atoms with Gasteiger partial charge in [-0.15, -0.1) is 0 Å². The molecule has 0 saturated carbocycles. The molecule has 2 aromatic carbocycles. The van der Waals surface area contributed by atoms with Gasteiger partial charge >= 0.3 is 6.03 Å². The van der Waals surface area contributed by atoms with Crippen LogP contribution in [0.4, 0.5) is 4.79 Å². The first kappa shape index (κ1) is 17.2. The lowest BCUT2D eigenvalue weighted by Gasteiger charge is -2.36. The third-order valence-corrected chi connectivity index (χ3v) is 4.72. The van der Waals surface area contributed by atoms with Gasteiger partial charge in [-0.05, 0) is 31.0 Å². The van der Waals surface area contributed by atoms with Gasteiger partial charge in [0.2, 0.25) is 0 Å². The molecule has 0 radical (unpaired) electrons. The van der Waals surface area contributed by atoms with Gasteiger partial charge in [0.05, 0.1) is 12.6 Å². The van der Waals surface area contributed by atoms with E-state index in [-0.39, 0.29) is 11.8 Å². The summed E-state index contributed by atoms with van der Waals surface area (Å²) in [6.45, 7) is 3.73. The van der Waals surface area contributed by atoms with Gasteiger partial charge in [0.25, 0.3) is 0 Å². The van der Waals surface area contributed by atoms with E-state index in [1.807, 2.05) is 55.5 Å². The number of halogens is 1. The smallest absolute Gasteiger partial charge is 0.322 e. The van der Waals surface area contributed by atoms with E-state index in [9.17, 15) is 9.59 Å². The number of nitrogens with one attached hydrogen (secondary N) is 1. The number of hydrogen-bond donors (Lipinski definition) is 1. The highest BCUT2D eigenvalue weighted by Gasteiger charge is 2.34. The zero-order valence-electron chi connectivity index (χ0n) is 14.1. The summed E-state index contributed by atoms with van der Waals surface area (Å²) in [5.41, 5.74) is 2.94. The quantitative estimate of drug-likeness (QED) is 0.880. The first-order chi connectivity index (χ1) is 12.0. The third-order valence-electron chi connectivity index (χ3n) is 4.38. The van der Waals surface area contributed by atoms with Crippen LogP contribution in [0.25, 0.3) is 0 Å². The van der Waals surface area contributed by atoms with Crippen LogP contribution in [-0.2, 0) is 11.3 Å². The molecule has 0 bridgehead atoms. The maximum atomic E-state index is 12.7. The fourth-order valence-corrected chi connectivity index (χ4v) is 3.38. The summed E-state index contributed by atoms with van der Waals surface area (Å²) in [6.07, 6.45) is 0. The largest absolute Gasteiger partial charge is 0.327 e. The molecule has 0 spiro atoms. The topological polar surface area (TPSA) is 49.4 Å². The summed E-state index contributed by atoms with van der Waals surface area (Å²) in [6, 6.07) is 16.2. The average Bonchev–Trinajstić information content (AvgIpc) is 2.59. The Hall–Kier alpha value is -2.59. The fourth-order valence-electron chi connectivity index (χ4n) is 3.14. The molecule has 128 valence electrons. The number of allylic oxidation sites excluding steroid dienone is 1. The summed E-state index contributed by atoms with van der Waals surface area (Å²) in [5.74, 6) is -0.0829. The van der Waals surface area contributed by atoms with Gasteiger partial charge in [-0.2, -0.15) is 0 Å². The number of carbonyl (C=O) groups is 2. The van der Waals surface area contributed by atoms with E-state index in [2.05, 4.69) is 5.32 Å². The molecule has 2 aromatic rings. The number of hydrogen-bond acceptors (Lipinski definition) is 2. The summed E-state index contributed by atoms with van der Waals surface area (Å²) in [5, 5.41) is 3.45. The molecule has 0 saturated heterocycles. The predicted octanol–water partition coefficient (Wildman–Crippen LogP) is 4.47. The molecular weight excluding hydrogens is 336 g/mol. The highest BCUT2D eigenvalue weighted by Crippen LogP contribution is 2.34. The van der Waals surface area contributed by atoms with Crippen molar-refractivity contribution < 1.29 is 9.59 Å². The Kier molecular flexibility index (Phi) is 4.91. The van der Waals surface area contributed by atoms with Crippen molar-refractivity contribution in [2.24, 2.45) is 0 Å². The fraction of sp³-hybridized carbons (Fsp3) is 0.200. The lowest BCUT2D eigenvalue weighted by atomic mass is 9.92. The minimum Gasteiger partial charge on any atom is -0.327 e.